The summed E-state index contributed by atoms with van der Waals surface area (Å²) in [4.78, 5) is 2.69. The SMILES string of the molecule is O=S(=O)(NN1CCOCC1)c1ccc(Cl)c(Br)c1. The van der Waals surface area contributed by atoms with Gasteiger partial charge in [-0.25, -0.2) is 13.4 Å². The average Bonchev–Trinajstić information content (AvgIpc) is 2.33. The highest BCUT2D eigenvalue weighted by Gasteiger charge is 2.20. The molecule has 1 N–H and O–H groups in total. The lowest BCUT2D eigenvalue weighted by atomic mass is 10.4. The summed E-state index contributed by atoms with van der Waals surface area (Å²) in [5.74, 6) is 0. The number of halogens is 2. The Labute approximate surface area is 119 Å². The fourth-order valence-corrected chi connectivity index (χ4v) is 3.32. The van der Waals surface area contributed by atoms with E-state index in [1.165, 1.54) is 12.1 Å². The van der Waals surface area contributed by atoms with Crippen molar-refractivity contribution in [2.24, 2.45) is 0 Å². The van der Waals surface area contributed by atoms with Gasteiger partial charge in [-0.15, -0.1) is 4.83 Å². The van der Waals surface area contributed by atoms with E-state index in [0.717, 1.165) is 0 Å². The predicted octanol–water partition coefficient (Wildman–Crippen LogP) is 1.63. The van der Waals surface area contributed by atoms with E-state index >= 15 is 0 Å². The molecule has 5 nitrogen and oxygen atoms in total. The number of benzene rings is 1. The molecule has 0 unspecified atom stereocenters. The Morgan fingerprint density at radius 2 is 2.00 bits per heavy atom. The van der Waals surface area contributed by atoms with Crippen LogP contribution in [-0.2, 0) is 14.8 Å². The minimum absolute atomic E-state index is 0.172. The number of nitrogens with zero attached hydrogens (tertiary/aromatic N) is 1. The van der Waals surface area contributed by atoms with Crippen LogP contribution in [0.25, 0.3) is 0 Å². The van der Waals surface area contributed by atoms with Crippen LogP contribution in [0, 0.1) is 0 Å². The molecule has 1 aliphatic rings. The first-order valence-electron chi connectivity index (χ1n) is 5.29. The molecule has 1 saturated heterocycles. The summed E-state index contributed by atoms with van der Waals surface area (Å²) in [5, 5.41) is 2.10. The number of hydrogen-bond acceptors (Lipinski definition) is 4. The van der Waals surface area contributed by atoms with Crippen molar-refractivity contribution < 1.29 is 13.2 Å². The van der Waals surface area contributed by atoms with Crippen molar-refractivity contribution in [3.63, 3.8) is 0 Å². The van der Waals surface area contributed by atoms with Crippen molar-refractivity contribution in [2.45, 2.75) is 4.90 Å². The molecule has 0 aromatic heterocycles. The summed E-state index contributed by atoms with van der Waals surface area (Å²) < 4.78 is 29.9. The first-order chi connectivity index (χ1) is 8.49. The van der Waals surface area contributed by atoms with Gasteiger partial charge in [0.05, 0.1) is 23.1 Å². The van der Waals surface area contributed by atoms with E-state index in [-0.39, 0.29) is 4.90 Å². The maximum atomic E-state index is 12.1. The van der Waals surface area contributed by atoms with Gasteiger partial charge in [0.1, 0.15) is 0 Å². The number of ether oxygens (including phenoxy) is 1. The van der Waals surface area contributed by atoms with Crippen LogP contribution >= 0.6 is 27.5 Å². The maximum absolute atomic E-state index is 12.1. The summed E-state index contributed by atoms with van der Waals surface area (Å²) in [7, 11) is -3.57. The van der Waals surface area contributed by atoms with Crippen LogP contribution in [0.15, 0.2) is 27.6 Å². The molecule has 0 saturated carbocycles. The van der Waals surface area contributed by atoms with Gasteiger partial charge in [0.15, 0.2) is 0 Å². The van der Waals surface area contributed by atoms with Crippen molar-refractivity contribution in [3.05, 3.63) is 27.7 Å². The smallest absolute Gasteiger partial charge is 0.253 e. The quantitative estimate of drug-likeness (QED) is 0.895. The van der Waals surface area contributed by atoms with E-state index in [2.05, 4.69) is 20.8 Å². The lowest BCUT2D eigenvalue weighted by Gasteiger charge is -2.26. The second kappa shape index (κ2) is 5.85. The number of morpholine rings is 1. The second-order valence-electron chi connectivity index (χ2n) is 3.77. The summed E-state index contributed by atoms with van der Waals surface area (Å²) >= 11 is 9.04. The summed E-state index contributed by atoms with van der Waals surface area (Å²) in [6, 6.07) is 4.49. The minimum Gasteiger partial charge on any atom is -0.379 e. The predicted molar refractivity (Wildman–Crippen MR) is 71.9 cm³/mol. The number of nitrogens with one attached hydrogen (secondary N) is 1. The van der Waals surface area contributed by atoms with Crippen molar-refractivity contribution >= 4 is 37.6 Å². The second-order valence-corrected chi connectivity index (χ2v) is 6.69. The molecule has 0 bridgehead atoms. The Hall–Kier alpha value is -0.180. The first-order valence-corrected chi connectivity index (χ1v) is 7.95. The highest BCUT2D eigenvalue weighted by Crippen LogP contribution is 2.25. The molecule has 0 atom stereocenters. The van der Waals surface area contributed by atoms with Crippen LogP contribution in [-0.4, -0.2) is 39.7 Å². The van der Waals surface area contributed by atoms with Crippen LogP contribution in [0.4, 0.5) is 0 Å². The van der Waals surface area contributed by atoms with Crippen molar-refractivity contribution in [2.75, 3.05) is 26.3 Å². The zero-order chi connectivity index (χ0) is 13.2. The van der Waals surface area contributed by atoms with E-state index in [9.17, 15) is 8.42 Å². The van der Waals surface area contributed by atoms with Crippen LogP contribution in [0.5, 0.6) is 0 Å². The molecule has 8 heteroatoms. The molecule has 0 aliphatic carbocycles. The van der Waals surface area contributed by atoms with E-state index in [4.69, 9.17) is 16.3 Å². The topological polar surface area (TPSA) is 58.6 Å². The van der Waals surface area contributed by atoms with E-state index in [0.29, 0.717) is 35.8 Å². The number of hydrazine groups is 1. The molecule has 1 aromatic carbocycles. The van der Waals surface area contributed by atoms with Gasteiger partial charge in [-0.1, -0.05) is 11.6 Å². The molecule has 100 valence electrons. The molecule has 0 spiro atoms. The Bertz CT molecular complexity index is 532. The van der Waals surface area contributed by atoms with Crippen LogP contribution in [0.1, 0.15) is 0 Å². The van der Waals surface area contributed by atoms with Gasteiger partial charge in [-0.05, 0) is 34.1 Å². The molecule has 0 amide bonds. The Morgan fingerprint density at radius 1 is 1.33 bits per heavy atom. The molecule has 1 aromatic rings. The maximum Gasteiger partial charge on any atom is 0.253 e. The Morgan fingerprint density at radius 3 is 2.61 bits per heavy atom. The third-order valence-corrected chi connectivity index (χ3v) is 5.05. The molecule has 1 fully saturated rings. The van der Waals surface area contributed by atoms with Gasteiger partial charge in [-0.2, -0.15) is 0 Å². The van der Waals surface area contributed by atoms with Crippen LogP contribution in [0.2, 0.25) is 5.02 Å². The third-order valence-electron chi connectivity index (χ3n) is 2.46. The first kappa shape index (κ1) is 14.2. The van der Waals surface area contributed by atoms with Crippen molar-refractivity contribution in [1.82, 2.24) is 9.84 Å². The fraction of sp³-hybridized carbons (Fsp3) is 0.400. The van der Waals surface area contributed by atoms with Gasteiger partial charge in [-0.3, -0.25) is 0 Å². The number of hydrogen-bond donors (Lipinski definition) is 1. The molecule has 0 radical (unpaired) electrons. The highest BCUT2D eigenvalue weighted by atomic mass is 79.9. The minimum atomic E-state index is -3.57. The fourth-order valence-electron chi connectivity index (χ4n) is 1.52. The zero-order valence-corrected chi connectivity index (χ0v) is 12.6. The standard InChI is InChI=1S/C10H12BrClN2O3S/c11-9-7-8(1-2-10(9)12)18(15,16)13-14-3-5-17-6-4-14/h1-2,7,13H,3-6H2. The summed E-state index contributed by atoms with van der Waals surface area (Å²) in [6.07, 6.45) is 0. The summed E-state index contributed by atoms with van der Waals surface area (Å²) in [6.45, 7) is 2.11. The molecule has 1 heterocycles. The van der Waals surface area contributed by atoms with Gasteiger partial charge in [0.25, 0.3) is 10.0 Å². The van der Waals surface area contributed by atoms with E-state index in [1.807, 2.05) is 0 Å². The van der Waals surface area contributed by atoms with Crippen LogP contribution in [0.3, 0.4) is 0 Å². The lowest BCUT2D eigenvalue weighted by Crippen LogP contribution is -2.48. The monoisotopic (exact) mass is 354 g/mol. The highest BCUT2D eigenvalue weighted by molar-refractivity contribution is 9.10. The van der Waals surface area contributed by atoms with Crippen LogP contribution < -0.4 is 4.83 Å². The number of rotatable bonds is 3. The largest absolute Gasteiger partial charge is 0.379 e. The Kier molecular flexibility index (Phi) is 4.63. The van der Waals surface area contributed by atoms with Gasteiger partial charge >= 0.3 is 0 Å². The molecular weight excluding hydrogens is 344 g/mol. The Balaban J connectivity index is 2.16. The number of sulfonamides is 1. The molecule has 1 aliphatic heterocycles. The third kappa shape index (κ3) is 3.43. The average molecular weight is 356 g/mol. The van der Waals surface area contributed by atoms with Gasteiger partial charge < -0.3 is 4.74 Å². The zero-order valence-electron chi connectivity index (χ0n) is 9.40. The lowest BCUT2D eigenvalue weighted by molar-refractivity contribution is 0.0272. The van der Waals surface area contributed by atoms with E-state index < -0.39 is 10.0 Å². The molecule has 18 heavy (non-hydrogen) atoms. The van der Waals surface area contributed by atoms with Gasteiger partial charge in [0.2, 0.25) is 0 Å². The summed E-state index contributed by atoms with van der Waals surface area (Å²) in [5.41, 5.74) is 0. The molecular formula is C10H12BrClN2O3S. The van der Waals surface area contributed by atoms with Crippen molar-refractivity contribution in [3.8, 4) is 0 Å². The van der Waals surface area contributed by atoms with E-state index in [1.54, 1.807) is 11.1 Å². The molecule has 2 rings (SSSR count). The van der Waals surface area contributed by atoms with Crippen molar-refractivity contribution in [1.29, 1.82) is 0 Å². The van der Waals surface area contributed by atoms with Gasteiger partial charge in [0, 0.05) is 17.6 Å². The normalized spacial score (nSPS) is 17.9.